The van der Waals surface area contributed by atoms with Gasteiger partial charge in [0.1, 0.15) is 0 Å². The van der Waals surface area contributed by atoms with Crippen LogP contribution in [0.4, 0.5) is 11.4 Å². The van der Waals surface area contributed by atoms with Crippen LogP contribution in [0.5, 0.6) is 0 Å². The molecule has 2 rings (SSSR count). The summed E-state index contributed by atoms with van der Waals surface area (Å²) in [7, 11) is 0. The number of hydrogen-bond acceptors (Lipinski definition) is 3. The normalized spacial score (nSPS) is 10.7. The molecular formula is C16H17ClN2O2. The van der Waals surface area contributed by atoms with E-state index in [9.17, 15) is 10.1 Å². The molecular weight excluding hydrogens is 288 g/mol. The van der Waals surface area contributed by atoms with E-state index in [1.807, 2.05) is 18.2 Å². The predicted octanol–water partition coefficient (Wildman–Crippen LogP) is 4.98. The average molecular weight is 305 g/mol. The molecule has 4 nitrogen and oxygen atoms in total. The van der Waals surface area contributed by atoms with Gasteiger partial charge in [0.15, 0.2) is 0 Å². The van der Waals surface area contributed by atoms with E-state index in [2.05, 4.69) is 25.2 Å². The molecule has 1 N–H and O–H groups in total. The first kappa shape index (κ1) is 15.3. The lowest BCUT2D eigenvalue weighted by atomic mass is 10.0. The van der Waals surface area contributed by atoms with Gasteiger partial charge in [-0.3, -0.25) is 10.1 Å². The maximum atomic E-state index is 10.7. The Morgan fingerprint density at radius 3 is 2.57 bits per heavy atom. The fourth-order valence-corrected chi connectivity index (χ4v) is 2.39. The van der Waals surface area contributed by atoms with E-state index < -0.39 is 4.92 Å². The summed E-state index contributed by atoms with van der Waals surface area (Å²) in [6, 6.07) is 12.6. The van der Waals surface area contributed by atoms with Crippen molar-refractivity contribution in [2.75, 3.05) is 5.32 Å². The molecule has 2 aromatic carbocycles. The van der Waals surface area contributed by atoms with Gasteiger partial charge in [0.2, 0.25) is 0 Å². The van der Waals surface area contributed by atoms with Crippen LogP contribution in [0.2, 0.25) is 5.02 Å². The predicted molar refractivity (Wildman–Crippen MR) is 86.0 cm³/mol. The van der Waals surface area contributed by atoms with Gasteiger partial charge in [-0.2, -0.15) is 0 Å². The molecule has 0 aliphatic carbocycles. The van der Waals surface area contributed by atoms with Crippen molar-refractivity contribution < 1.29 is 4.92 Å². The fourth-order valence-electron chi connectivity index (χ4n) is 2.15. The van der Waals surface area contributed by atoms with Gasteiger partial charge in [-0.15, -0.1) is 0 Å². The van der Waals surface area contributed by atoms with E-state index in [0.717, 1.165) is 11.3 Å². The number of nitro benzene ring substituents is 1. The number of nitrogens with zero attached hydrogens (tertiary/aromatic N) is 1. The highest BCUT2D eigenvalue weighted by Crippen LogP contribution is 2.26. The van der Waals surface area contributed by atoms with E-state index in [-0.39, 0.29) is 5.69 Å². The lowest BCUT2D eigenvalue weighted by Gasteiger charge is -2.15. The summed E-state index contributed by atoms with van der Waals surface area (Å²) in [6.07, 6.45) is 0. The number of hydrogen-bond donors (Lipinski definition) is 1. The van der Waals surface area contributed by atoms with Crippen LogP contribution in [0.3, 0.4) is 0 Å². The number of anilines is 1. The second-order valence-electron chi connectivity index (χ2n) is 5.13. The van der Waals surface area contributed by atoms with Gasteiger partial charge in [-0.1, -0.05) is 43.6 Å². The van der Waals surface area contributed by atoms with Gasteiger partial charge < -0.3 is 5.32 Å². The Kier molecular flexibility index (Phi) is 4.81. The van der Waals surface area contributed by atoms with Crippen molar-refractivity contribution in [3.63, 3.8) is 0 Å². The minimum atomic E-state index is -0.447. The number of non-ortho nitro benzene ring substituents is 1. The van der Waals surface area contributed by atoms with Crippen LogP contribution in [0.15, 0.2) is 42.5 Å². The summed E-state index contributed by atoms with van der Waals surface area (Å²) >= 11 is 6.10. The Labute approximate surface area is 128 Å². The molecule has 0 bridgehead atoms. The van der Waals surface area contributed by atoms with Crippen LogP contribution in [-0.4, -0.2) is 4.92 Å². The fraction of sp³-hybridized carbons (Fsp3) is 0.250. The highest BCUT2D eigenvalue weighted by molar-refractivity contribution is 6.31. The standard InChI is InChI=1S/C16H17ClN2O2/c1-11(2)14-5-3-4-6-16(14)18-10-12-7-8-13(19(20)21)9-15(12)17/h3-9,11,18H,10H2,1-2H3. The first-order valence-corrected chi connectivity index (χ1v) is 7.12. The third-order valence-corrected chi connectivity index (χ3v) is 3.65. The van der Waals surface area contributed by atoms with Crippen LogP contribution >= 0.6 is 11.6 Å². The van der Waals surface area contributed by atoms with Gasteiger partial charge in [0.25, 0.3) is 5.69 Å². The smallest absolute Gasteiger partial charge is 0.270 e. The number of rotatable bonds is 5. The van der Waals surface area contributed by atoms with Crippen LogP contribution in [-0.2, 0) is 6.54 Å². The van der Waals surface area contributed by atoms with Crippen LogP contribution < -0.4 is 5.32 Å². The van der Waals surface area contributed by atoms with Crippen LogP contribution in [0.1, 0.15) is 30.9 Å². The van der Waals surface area contributed by atoms with Gasteiger partial charge >= 0.3 is 0 Å². The largest absolute Gasteiger partial charge is 0.381 e. The van der Waals surface area contributed by atoms with Crippen LogP contribution in [0, 0.1) is 10.1 Å². The number of halogens is 1. The summed E-state index contributed by atoms with van der Waals surface area (Å²) < 4.78 is 0. The summed E-state index contributed by atoms with van der Waals surface area (Å²) in [5, 5.41) is 14.4. The maximum Gasteiger partial charge on any atom is 0.270 e. The topological polar surface area (TPSA) is 55.2 Å². The quantitative estimate of drug-likeness (QED) is 0.626. The molecule has 0 aromatic heterocycles. The summed E-state index contributed by atoms with van der Waals surface area (Å²) in [4.78, 5) is 10.2. The molecule has 0 fully saturated rings. The Bertz CT molecular complexity index is 656. The van der Waals surface area contributed by atoms with Crippen molar-refractivity contribution in [1.29, 1.82) is 0 Å². The minimum absolute atomic E-state index is 0.00586. The van der Waals surface area contributed by atoms with Crippen LogP contribution in [0.25, 0.3) is 0 Å². The van der Waals surface area contributed by atoms with Gasteiger partial charge in [-0.05, 0) is 29.2 Å². The van der Waals surface area contributed by atoms with Crippen molar-refractivity contribution in [3.05, 3.63) is 68.7 Å². The molecule has 110 valence electrons. The molecule has 0 aliphatic rings. The number of nitro groups is 1. The van der Waals surface area contributed by atoms with Crippen molar-refractivity contribution in [3.8, 4) is 0 Å². The molecule has 0 aliphatic heterocycles. The van der Waals surface area contributed by atoms with E-state index >= 15 is 0 Å². The Hall–Kier alpha value is -2.07. The zero-order chi connectivity index (χ0) is 15.4. The number of nitrogens with one attached hydrogen (secondary N) is 1. The van der Waals surface area contributed by atoms with Crippen molar-refractivity contribution >= 4 is 23.0 Å². The third kappa shape index (κ3) is 3.73. The number of para-hydroxylation sites is 1. The zero-order valence-corrected chi connectivity index (χ0v) is 12.7. The summed E-state index contributed by atoms with van der Waals surface area (Å²) in [6.45, 7) is 4.80. The highest BCUT2D eigenvalue weighted by atomic mass is 35.5. The molecule has 0 spiro atoms. The second-order valence-corrected chi connectivity index (χ2v) is 5.54. The molecule has 0 atom stereocenters. The average Bonchev–Trinajstić information content (AvgIpc) is 2.46. The second kappa shape index (κ2) is 6.59. The van der Waals surface area contributed by atoms with Gasteiger partial charge in [-0.25, -0.2) is 0 Å². The highest BCUT2D eigenvalue weighted by Gasteiger charge is 2.10. The lowest BCUT2D eigenvalue weighted by Crippen LogP contribution is -2.04. The minimum Gasteiger partial charge on any atom is -0.381 e. The van der Waals surface area contributed by atoms with E-state index in [1.165, 1.54) is 17.7 Å². The maximum absolute atomic E-state index is 10.7. The number of benzene rings is 2. The summed E-state index contributed by atoms with van der Waals surface area (Å²) in [5.74, 6) is 0.418. The molecule has 0 saturated carbocycles. The Morgan fingerprint density at radius 2 is 1.95 bits per heavy atom. The van der Waals surface area contributed by atoms with E-state index in [0.29, 0.717) is 17.5 Å². The molecule has 0 unspecified atom stereocenters. The molecule has 0 saturated heterocycles. The van der Waals surface area contributed by atoms with E-state index in [1.54, 1.807) is 6.07 Å². The van der Waals surface area contributed by atoms with E-state index in [4.69, 9.17) is 11.6 Å². The molecule has 5 heteroatoms. The first-order chi connectivity index (χ1) is 9.99. The zero-order valence-electron chi connectivity index (χ0n) is 12.0. The Morgan fingerprint density at radius 1 is 1.24 bits per heavy atom. The molecule has 21 heavy (non-hydrogen) atoms. The van der Waals surface area contributed by atoms with Crippen molar-refractivity contribution in [2.45, 2.75) is 26.3 Å². The SMILES string of the molecule is CC(C)c1ccccc1NCc1ccc([N+](=O)[O-])cc1Cl. The third-order valence-electron chi connectivity index (χ3n) is 3.30. The lowest BCUT2D eigenvalue weighted by molar-refractivity contribution is -0.384. The summed E-state index contributed by atoms with van der Waals surface area (Å²) in [5.41, 5.74) is 3.13. The first-order valence-electron chi connectivity index (χ1n) is 6.74. The van der Waals surface area contributed by atoms with Crippen molar-refractivity contribution in [2.24, 2.45) is 0 Å². The molecule has 0 heterocycles. The van der Waals surface area contributed by atoms with Gasteiger partial charge in [0.05, 0.1) is 9.95 Å². The van der Waals surface area contributed by atoms with Gasteiger partial charge in [0, 0.05) is 24.4 Å². The Balaban J connectivity index is 2.15. The molecule has 0 radical (unpaired) electrons. The monoisotopic (exact) mass is 304 g/mol. The molecule has 0 amide bonds. The molecule has 2 aromatic rings. The van der Waals surface area contributed by atoms with Crippen molar-refractivity contribution in [1.82, 2.24) is 0 Å².